The van der Waals surface area contributed by atoms with Crippen molar-refractivity contribution in [3.63, 3.8) is 0 Å². The van der Waals surface area contributed by atoms with Crippen LogP contribution in [0.25, 0.3) is 0 Å². The number of benzene rings is 1. The molecular weight excluding hydrogens is 300 g/mol. The van der Waals surface area contributed by atoms with Gasteiger partial charge in [0.15, 0.2) is 0 Å². The van der Waals surface area contributed by atoms with E-state index in [1.807, 2.05) is 54.8 Å². The first-order valence-electron chi connectivity index (χ1n) is 8.72. The van der Waals surface area contributed by atoms with Crippen LogP contribution in [0.1, 0.15) is 37.4 Å². The van der Waals surface area contributed by atoms with E-state index >= 15 is 0 Å². The highest BCUT2D eigenvalue weighted by Crippen LogP contribution is 2.27. The third-order valence-corrected chi connectivity index (χ3v) is 4.94. The monoisotopic (exact) mass is 326 g/mol. The number of carbonyl (C=O) groups excluding carboxylic acids is 1. The smallest absolute Gasteiger partial charge is 0.244 e. The summed E-state index contributed by atoms with van der Waals surface area (Å²) < 4.78 is 2.13. The summed E-state index contributed by atoms with van der Waals surface area (Å²) in [5.41, 5.74) is 1.07. The Hall–Kier alpha value is -2.14. The molecule has 1 amide bonds. The number of hydrogen-bond acceptors (Lipinski definition) is 3. The zero-order valence-corrected chi connectivity index (χ0v) is 14.5. The molecule has 0 aliphatic carbocycles. The first kappa shape index (κ1) is 16.7. The van der Waals surface area contributed by atoms with Gasteiger partial charge in [-0.1, -0.05) is 37.3 Å². The van der Waals surface area contributed by atoms with Gasteiger partial charge in [-0.3, -0.25) is 9.69 Å². The van der Waals surface area contributed by atoms with Gasteiger partial charge in [0.25, 0.3) is 0 Å². The van der Waals surface area contributed by atoms with Gasteiger partial charge in [0.2, 0.25) is 5.91 Å². The third kappa shape index (κ3) is 3.51. The van der Waals surface area contributed by atoms with E-state index in [2.05, 4.69) is 21.4 Å². The van der Waals surface area contributed by atoms with Crippen LogP contribution in [0.15, 0.2) is 49.1 Å². The van der Waals surface area contributed by atoms with E-state index in [9.17, 15) is 4.79 Å². The fraction of sp³-hybridized carbons (Fsp3) is 0.474. The van der Waals surface area contributed by atoms with Crippen molar-refractivity contribution in [1.82, 2.24) is 19.4 Å². The molecule has 5 nitrogen and oxygen atoms in total. The average Bonchev–Trinajstić information content (AvgIpc) is 3.17. The topological polar surface area (TPSA) is 41.4 Å². The molecule has 2 aromatic rings. The number of likely N-dealkylation sites (tertiary alicyclic amines) is 1. The lowest BCUT2D eigenvalue weighted by Crippen LogP contribution is -2.46. The number of nitrogens with zero attached hydrogens (tertiary/aromatic N) is 4. The molecule has 1 aromatic heterocycles. The fourth-order valence-electron chi connectivity index (χ4n) is 3.46. The van der Waals surface area contributed by atoms with Crippen molar-refractivity contribution in [3.8, 4) is 0 Å². The van der Waals surface area contributed by atoms with Crippen LogP contribution in [0.3, 0.4) is 0 Å². The van der Waals surface area contributed by atoms with Crippen LogP contribution in [-0.4, -0.2) is 51.9 Å². The van der Waals surface area contributed by atoms with Crippen molar-refractivity contribution in [2.45, 2.75) is 31.8 Å². The highest BCUT2D eigenvalue weighted by Gasteiger charge is 2.32. The van der Waals surface area contributed by atoms with E-state index < -0.39 is 0 Å². The minimum absolute atomic E-state index is 0.204. The molecule has 0 spiro atoms. The van der Waals surface area contributed by atoms with Gasteiger partial charge in [-0.25, -0.2) is 4.98 Å². The Morgan fingerprint density at radius 3 is 2.83 bits per heavy atom. The Bertz CT molecular complexity index is 641. The summed E-state index contributed by atoms with van der Waals surface area (Å²) in [5.74, 6) is 0.204. The second kappa shape index (κ2) is 7.62. The lowest BCUT2D eigenvalue weighted by molar-refractivity contribution is -0.138. The molecule has 1 aliphatic rings. The molecule has 1 fully saturated rings. The number of hydrogen-bond donors (Lipinski definition) is 0. The first-order valence-corrected chi connectivity index (χ1v) is 8.72. The van der Waals surface area contributed by atoms with Crippen LogP contribution >= 0.6 is 0 Å². The van der Waals surface area contributed by atoms with Crippen molar-refractivity contribution in [1.29, 1.82) is 0 Å². The van der Waals surface area contributed by atoms with Gasteiger partial charge in [0, 0.05) is 25.5 Å². The quantitative estimate of drug-likeness (QED) is 0.848. The molecule has 5 heteroatoms. The zero-order valence-electron chi connectivity index (χ0n) is 14.5. The zero-order chi connectivity index (χ0) is 16.9. The van der Waals surface area contributed by atoms with Crippen LogP contribution in [-0.2, 0) is 4.79 Å². The maximum absolute atomic E-state index is 13.3. The summed E-state index contributed by atoms with van der Waals surface area (Å²) in [6, 6.07) is 10.2. The lowest BCUT2D eigenvalue weighted by atomic mass is 10.0. The molecule has 0 unspecified atom stereocenters. The summed E-state index contributed by atoms with van der Waals surface area (Å²) in [6.45, 7) is 4.53. The maximum atomic E-state index is 13.3. The summed E-state index contributed by atoms with van der Waals surface area (Å²) in [6.07, 6.45) is 7.78. The van der Waals surface area contributed by atoms with Crippen molar-refractivity contribution in [2.24, 2.45) is 0 Å². The summed E-state index contributed by atoms with van der Waals surface area (Å²) >= 11 is 0. The molecule has 24 heavy (non-hydrogen) atoms. The molecule has 3 rings (SSSR count). The highest BCUT2D eigenvalue weighted by atomic mass is 16.2. The molecule has 2 atom stereocenters. The standard InChI is InChI=1S/C19H26N4O/c1-3-21(2)18(16-8-5-4-6-9-16)19(24)22-12-7-10-17(14-22)23-13-11-20-15-23/h4-6,8-9,11,13,15,17-18H,3,7,10,12,14H2,1-2H3/t17-,18+/m1/s1. The van der Waals surface area contributed by atoms with E-state index in [0.717, 1.165) is 38.0 Å². The molecule has 1 aromatic carbocycles. The summed E-state index contributed by atoms with van der Waals surface area (Å²) in [5, 5.41) is 0. The molecule has 2 heterocycles. The Morgan fingerprint density at radius 1 is 1.38 bits per heavy atom. The van der Waals surface area contributed by atoms with Crippen LogP contribution in [0.5, 0.6) is 0 Å². The minimum atomic E-state index is -0.210. The number of piperidine rings is 1. The van der Waals surface area contributed by atoms with E-state index in [1.165, 1.54) is 0 Å². The van der Waals surface area contributed by atoms with Gasteiger partial charge in [-0.2, -0.15) is 0 Å². The second-order valence-corrected chi connectivity index (χ2v) is 6.48. The molecule has 0 bridgehead atoms. The van der Waals surface area contributed by atoms with E-state index in [-0.39, 0.29) is 11.9 Å². The van der Waals surface area contributed by atoms with Crippen LogP contribution < -0.4 is 0 Å². The van der Waals surface area contributed by atoms with Gasteiger partial charge in [-0.15, -0.1) is 0 Å². The number of imidazole rings is 1. The van der Waals surface area contributed by atoms with E-state index in [4.69, 9.17) is 0 Å². The summed E-state index contributed by atoms with van der Waals surface area (Å²) in [4.78, 5) is 21.6. The van der Waals surface area contributed by atoms with Gasteiger partial charge in [-0.05, 0) is 32.0 Å². The van der Waals surface area contributed by atoms with E-state index in [0.29, 0.717) is 6.04 Å². The van der Waals surface area contributed by atoms with Crippen molar-refractivity contribution >= 4 is 5.91 Å². The first-order chi connectivity index (χ1) is 11.7. The van der Waals surface area contributed by atoms with Crippen LogP contribution in [0.4, 0.5) is 0 Å². The Morgan fingerprint density at radius 2 is 2.17 bits per heavy atom. The van der Waals surface area contributed by atoms with Gasteiger partial charge < -0.3 is 9.47 Å². The Labute approximate surface area is 143 Å². The average molecular weight is 326 g/mol. The lowest BCUT2D eigenvalue weighted by Gasteiger charge is -2.37. The Balaban J connectivity index is 1.79. The second-order valence-electron chi connectivity index (χ2n) is 6.48. The van der Waals surface area contributed by atoms with Crippen molar-refractivity contribution in [2.75, 3.05) is 26.7 Å². The fourth-order valence-corrected chi connectivity index (χ4v) is 3.46. The van der Waals surface area contributed by atoms with Crippen LogP contribution in [0, 0.1) is 0 Å². The summed E-state index contributed by atoms with van der Waals surface area (Å²) in [7, 11) is 2.02. The SMILES string of the molecule is CCN(C)[C@H](C(=O)N1CCC[C@@H](n2ccnc2)C1)c1ccccc1. The van der Waals surface area contributed by atoms with Crippen LogP contribution in [0.2, 0.25) is 0 Å². The molecule has 0 N–H and O–H groups in total. The van der Waals surface area contributed by atoms with Crippen molar-refractivity contribution < 1.29 is 4.79 Å². The predicted octanol–water partition coefficient (Wildman–Crippen LogP) is 2.74. The van der Waals surface area contributed by atoms with Crippen molar-refractivity contribution in [3.05, 3.63) is 54.6 Å². The van der Waals surface area contributed by atoms with Gasteiger partial charge in [0.05, 0.1) is 12.4 Å². The maximum Gasteiger partial charge on any atom is 0.244 e. The van der Waals surface area contributed by atoms with E-state index in [1.54, 1.807) is 6.20 Å². The number of carbonyl (C=O) groups is 1. The predicted molar refractivity (Wildman–Crippen MR) is 94.6 cm³/mol. The third-order valence-electron chi connectivity index (χ3n) is 4.94. The number of amides is 1. The number of likely N-dealkylation sites (N-methyl/N-ethyl adjacent to an activating group) is 1. The highest BCUT2D eigenvalue weighted by molar-refractivity contribution is 5.83. The number of aromatic nitrogens is 2. The van der Waals surface area contributed by atoms with Gasteiger partial charge in [0.1, 0.15) is 6.04 Å². The molecule has 1 saturated heterocycles. The molecule has 0 saturated carbocycles. The normalized spacial score (nSPS) is 19.5. The molecule has 1 aliphatic heterocycles. The molecular formula is C19H26N4O. The minimum Gasteiger partial charge on any atom is -0.339 e. The Kier molecular flexibility index (Phi) is 5.30. The molecule has 0 radical (unpaired) electrons. The molecule has 128 valence electrons. The largest absolute Gasteiger partial charge is 0.339 e. The van der Waals surface area contributed by atoms with Gasteiger partial charge >= 0.3 is 0 Å². The number of rotatable bonds is 5.